The minimum absolute atomic E-state index is 0.176. The normalized spacial score (nSPS) is 11.8. The van der Waals surface area contributed by atoms with Gasteiger partial charge in [0.15, 0.2) is 12.7 Å². The molecule has 2 aromatic carbocycles. The molecule has 1 unspecified atom stereocenters. The highest BCUT2D eigenvalue weighted by molar-refractivity contribution is 8.00. The van der Waals surface area contributed by atoms with E-state index in [1.165, 1.54) is 82.4 Å². The molecule has 226 valence electrons. The maximum Gasteiger partial charge on any atom is 0.336 e. The van der Waals surface area contributed by atoms with E-state index in [4.69, 9.17) is 0 Å². The number of thioether (sulfide) groups is 1. The number of hydrogen-bond donors (Lipinski definition) is 2. The minimum atomic E-state index is -0.939. The molecule has 7 heteroatoms. The smallest absolute Gasteiger partial charge is 0.336 e. The summed E-state index contributed by atoms with van der Waals surface area (Å²) in [5.41, 5.74) is 0.626. The average molecular weight is 609 g/mol. The second-order valence-electron chi connectivity index (χ2n) is 10.8. The van der Waals surface area contributed by atoms with Crippen LogP contribution in [0.2, 0.25) is 0 Å². The van der Waals surface area contributed by atoms with Crippen LogP contribution in [0, 0.1) is 0 Å². The monoisotopic (exact) mass is 608 g/mol. The summed E-state index contributed by atoms with van der Waals surface area (Å²) in [7, 11) is 0. The lowest BCUT2D eigenvalue weighted by atomic mass is 10.0. The predicted molar refractivity (Wildman–Crippen MR) is 173 cm³/mol. The number of aromatic nitrogens is 1. The van der Waals surface area contributed by atoms with Crippen LogP contribution in [0.15, 0.2) is 87.7 Å². The van der Waals surface area contributed by atoms with Crippen LogP contribution in [0.25, 0.3) is 0 Å². The van der Waals surface area contributed by atoms with Gasteiger partial charge in [-0.05, 0) is 48.5 Å². The Labute approximate surface area is 260 Å². The van der Waals surface area contributed by atoms with Crippen molar-refractivity contribution in [1.29, 1.82) is 0 Å². The topological polar surface area (TPSA) is 78.5 Å². The van der Waals surface area contributed by atoms with Crippen molar-refractivity contribution in [3.8, 4) is 0 Å². The number of rotatable bonds is 21. The molecule has 0 saturated heterocycles. The molecule has 0 spiro atoms. The Morgan fingerprint density at radius 1 is 0.667 bits per heavy atom. The van der Waals surface area contributed by atoms with Crippen molar-refractivity contribution in [3.05, 3.63) is 84.1 Å². The van der Waals surface area contributed by atoms with Crippen LogP contribution in [0.4, 0.5) is 0 Å². The molecular weight excluding hydrogens is 563 g/mol. The number of benzene rings is 2. The fourth-order valence-electron chi connectivity index (χ4n) is 5.09. The highest BCUT2D eigenvalue weighted by Gasteiger charge is 2.23. The van der Waals surface area contributed by atoms with Crippen molar-refractivity contribution >= 4 is 35.5 Å². The van der Waals surface area contributed by atoms with Crippen LogP contribution in [0.5, 0.6) is 0 Å². The third-order valence-electron chi connectivity index (χ3n) is 7.42. The van der Waals surface area contributed by atoms with Crippen molar-refractivity contribution < 1.29 is 24.4 Å². The average Bonchev–Trinajstić information content (AvgIpc) is 2.99. The lowest BCUT2D eigenvalue weighted by molar-refractivity contribution is -0.732. The van der Waals surface area contributed by atoms with Gasteiger partial charge in [0, 0.05) is 21.9 Å². The Hall–Kier alpha value is -2.77. The van der Waals surface area contributed by atoms with Crippen molar-refractivity contribution in [2.45, 2.75) is 117 Å². The Morgan fingerprint density at radius 3 is 1.76 bits per heavy atom. The SMILES string of the molecule is CCCCCCCCCCCCCCC(C[n+]1ccccc1Sc1ccccc1C(=O)O)Sc1ccccc1C(=O)O. The lowest BCUT2D eigenvalue weighted by Gasteiger charge is -2.16. The minimum Gasteiger partial charge on any atom is -0.478 e. The summed E-state index contributed by atoms with van der Waals surface area (Å²) in [6, 6.07) is 20.3. The van der Waals surface area contributed by atoms with Crippen molar-refractivity contribution in [2.24, 2.45) is 0 Å². The van der Waals surface area contributed by atoms with Gasteiger partial charge in [-0.3, -0.25) is 0 Å². The molecule has 0 amide bonds. The van der Waals surface area contributed by atoms with Gasteiger partial charge in [-0.1, -0.05) is 108 Å². The maximum atomic E-state index is 11.9. The standard InChI is InChI=1S/C35H45NO4S2/c1-2-3-4-5-6-7-8-9-10-11-12-13-20-28(41-31-23-16-14-21-29(31)34(37)38)27-36-26-19-18-25-33(36)42-32-24-17-15-22-30(32)35(39)40/h14-19,21-26,28H,2-13,20,27H2,1H3,(H-,37,38,39,40)/p+1. The molecule has 0 bridgehead atoms. The molecule has 0 aliphatic heterocycles. The van der Waals surface area contributed by atoms with Gasteiger partial charge in [-0.25, -0.2) is 9.59 Å². The van der Waals surface area contributed by atoms with Crippen LogP contribution in [0.3, 0.4) is 0 Å². The second kappa shape index (κ2) is 19.4. The van der Waals surface area contributed by atoms with E-state index in [0.29, 0.717) is 17.0 Å². The van der Waals surface area contributed by atoms with E-state index in [0.717, 1.165) is 22.8 Å². The van der Waals surface area contributed by atoms with Gasteiger partial charge in [0.05, 0.1) is 16.4 Å². The van der Waals surface area contributed by atoms with Gasteiger partial charge < -0.3 is 10.2 Å². The summed E-state index contributed by atoms with van der Waals surface area (Å²) >= 11 is 3.09. The van der Waals surface area contributed by atoms with E-state index >= 15 is 0 Å². The van der Waals surface area contributed by atoms with E-state index in [1.807, 2.05) is 48.7 Å². The number of nitrogens with zero attached hydrogens (tertiary/aromatic N) is 1. The molecule has 0 radical (unpaired) electrons. The van der Waals surface area contributed by atoms with E-state index in [2.05, 4.69) is 11.5 Å². The van der Waals surface area contributed by atoms with E-state index < -0.39 is 11.9 Å². The number of hydrogen-bond acceptors (Lipinski definition) is 4. The maximum absolute atomic E-state index is 11.9. The van der Waals surface area contributed by atoms with E-state index in [1.54, 1.807) is 36.0 Å². The van der Waals surface area contributed by atoms with Crippen molar-refractivity contribution in [2.75, 3.05) is 0 Å². The zero-order chi connectivity index (χ0) is 30.0. The van der Waals surface area contributed by atoms with Crippen LogP contribution in [0.1, 0.15) is 111 Å². The fourth-order valence-corrected chi connectivity index (χ4v) is 7.45. The van der Waals surface area contributed by atoms with Crippen LogP contribution < -0.4 is 4.57 Å². The first kappa shape index (κ1) is 33.7. The van der Waals surface area contributed by atoms with Crippen LogP contribution in [-0.2, 0) is 6.54 Å². The first-order chi connectivity index (χ1) is 20.5. The highest BCUT2D eigenvalue weighted by Crippen LogP contribution is 2.32. The second-order valence-corrected chi connectivity index (χ2v) is 13.2. The third kappa shape index (κ3) is 11.8. The molecule has 1 heterocycles. The van der Waals surface area contributed by atoms with Gasteiger partial charge in [0.25, 0.3) is 0 Å². The molecule has 0 saturated carbocycles. The molecular formula is C35H46NO4S2+. The Balaban J connectivity index is 1.62. The van der Waals surface area contributed by atoms with Gasteiger partial charge in [-0.2, -0.15) is 4.57 Å². The van der Waals surface area contributed by atoms with Gasteiger partial charge in [0.2, 0.25) is 5.03 Å². The van der Waals surface area contributed by atoms with Crippen LogP contribution >= 0.6 is 23.5 Å². The molecule has 0 fully saturated rings. The van der Waals surface area contributed by atoms with Crippen molar-refractivity contribution in [1.82, 2.24) is 0 Å². The predicted octanol–water partition coefficient (Wildman–Crippen LogP) is 9.77. The fraction of sp³-hybridized carbons (Fsp3) is 0.457. The van der Waals surface area contributed by atoms with E-state index in [-0.39, 0.29) is 10.8 Å². The Morgan fingerprint density at radius 2 is 1.17 bits per heavy atom. The van der Waals surface area contributed by atoms with Gasteiger partial charge in [0.1, 0.15) is 0 Å². The summed E-state index contributed by atoms with van der Waals surface area (Å²) in [4.78, 5) is 25.2. The zero-order valence-electron chi connectivity index (χ0n) is 24.9. The lowest BCUT2D eigenvalue weighted by Crippen LogP contribution is -2.40. The number of aromatic carboxylic acids is 2. The first-order valence-electron chi connectivity index (χ1n) is 15.5. The highest BCUT2D eigenvalue weighted by atomic mass is 32.2. The molecule has 0 aliphatic rings. The molecule has 5 nitrogen and oxygen atoms in total. The Bertz CT molecular complexity index is 1250. The molecule has 3 aromatic rings. The molecule has 1 aromatic heterocycles. The Kier molecular flexibility index (Phi) is 15.6. The molecule has 0 aliphatic carbocycles. The van der Waals surface area contributed by atoms with Crippen molar-refractivity contribution in [3.63, 3.8) is 0 Å². The zero-order valence-corrected chi connectivity index (χ0v) is 26.5. The summed E-state index contributed by atoms with van der Waals surface area (Å²) in [6.07, 6.45) is 18.6. The van der Waals surface area contributed by atoms with Crippen LogP contribution in [-0.4, -0.2) is 27.4 Å². The number of carboxylic acids is 2. The quantitative estimate of drug-likeness (QED) is 0.0712. The van der Waals surface area contributed by atoms with Gasteiger partial charge in [-0.15, -0.1) is 11.8 Å². The number of unbranched alkanes of at least 4 members (excludes halogenated alkanes) is 11. The number of carbonyl (C=O) groups is 2. The largest absolute Gasteiger partial charge is 0.478 e. The van der Waals surface area contributed by atoms with E-state index in [9.17, 15) is 19.8 Å². The van der Waals surface area contributed by atoms with Gasteiger partial charge >= 0.3 is 11.9 Å². The molecule has 1 atom stereocenters. The first-order valence-corrected chi connectivity index (χ1v) is 17.2. The number of pyridine rings is 1. The summed E-state index contributed by atoms with van der Waals surface area (Å²) in [5.74, 6) is -1.85. The summed E-state index contributed by atoms with van der Waals surface area (Å²) < 4.78 is 2.17. The summed E-state index contributed by atoms with van der Waals surface area (Å²) in [6.45, 7) is 2.96. The molecule has 3 rings (SSSR count). The number of carboxylic acid groups (broad SMARTS) is 2. The molecule has 2 N–H and O–H groups in total. The summed E-state index contributed by atoms with van der Waals surface area (Å²) in [5, 5.41) is 20.6. The third-order valence-corrected chi connectivity index (χ3v) is 9.91. The molecule has 42 heavy (non-hydrogen) atoms.